The number of carbonyl (C=O) groups excluding carboxylic acids is 3. The fourth-order valence-electron chi connectivity index (χ4n) is 3.92. The van der Waals surface area contributed by atoms with Crippen molar-refractivity contribution in [3.63, 3.8) is 0 Å². The number of amides is 2. The van der Waals surface area contributed by atoms with Gasteiger partial charge in [0.1, 0.15) is 5.82 Å². The molecule has 0 aromatic carbocycles. The van der Waals surface area contributed by atoms with E-state index in [0.29, 0.717) is 25.4 Å². The summed E-state index contributed by atoms with van der Waals surface area (Å²) in [5, 5.41) is 0. The van der Waals surface area contributed by atoms with Gasteiger partial charge in [0, 0.05) is 58.8 Å². The lowest BCUT2D eigenvalue weighted by atomic mass is 9.93. The number of aromatic nitrogens is 1. The minimum absolute atomic E-state index is 0.186. The fraction of sp³-hybridized carbons (Fsp3) is 0.600. The minimum Gasteiger partial charge on any atom is -0.353 e. The molecule has 146 valence electrons. The molecule has 0 saturated carbocycles. The highest BCUT2D eigenvalue weighted by Gasteiger charge is 2.27. The summed E-state index contributed by atoms with van der Waals surface area (Å²) in [4.78, 5) is 45.9. The molecule has 27 heavy (non-hydrogen) atoms. The normalized spacial score (nSPS) is 20.5. The molecule has 2 fully saturated rings. The van der Waals surface area contributed by atoms with Crippen LogP contribution in [0.15, 0.2) is 24.4 Å². The Morgan fingerprint density at radius 1 is 1.07 bits per heavy atom. The van der Waals surface area contributed by atoms with Crippen LogP contribution >= 0.6 is 0 Å². The molecule has 0 unspecified atom stereocenters. The van der Waals surface area contributed by atoms with Crippen molar-refractivity contribution in [3.05, 3.63) is 24.4 Å². The van der Waals surface area contributed by atoms with Crippen molar-refractivity contribution in [2.45, 2.75) is 32.6 Å². The summed E-state index contributed by atoms with van der Waals surface area (Å²) in [6, 6.07) is 5.87. The molecular weight excluding hydrogens is 344 g/mol. The maximum Gasteiger partial charge on any atom is 0.289 e. The molecule has 2 saturated heterocycles. The number of likely N-dealkylation sites (tertiary alicyclic amines) is 1. The highest BCUT2D eigenvalue weighted by molar-refractivity contribution is 6.35. The second kappa shape index (κ2) is 8.97. The fourth-order valence-corrected chi connectivity index (χ4v) is 3.92. The number of ketones is 1. The Morgan fingerprint density at radius 2 is 1.85 bits per heavy atom. The first kappa shape index (κ1) is 19.3. The third-order valence-electron chi connectivity index (χ3n) is 5.48. The number of nitrogens with zero attached hydrogens (tertiary/aromatic N) is 4. The Balaban J connectivity index is 1.42. The van der Waals surface area contributed by atoms with Crippen LogP contribution in [-0.4, -0.2) is 71.6 Å². The number of carbonyl (C=O) groups is 3. The van der Waals surface area contributed by atoms with E-state index >= 15 is 0 Å². The molecule has 0 aliphatic carbocycles. The number of rotatable bonds is 5. The van der Waals surface area contributed by atoms with E-state index in [0.717, 1.165) is 51.3 Å². The molecule has 0 spiro atoms. The van der Waals surface area contributed by atoms with E-state index in [-0.39, 0.29) is 5.91 Å². The van der Waals surface area contributed by atoms with Crippen LogP contribution < -0.4 is 4.90 Å². The molecule has 1 aromatic heterocycles. The van der Waals surface area contributed by atoms with Gasteiger partial charge in [-0.25, -0.2) is 4.98 Å². The van der Waals surface area contributed by atoms with E-state index in [2.05, 4.69) is 9.88 Å². The van der Waals surface area contributed by atoms with Gasteiger partial charge in [-0.3, -0.25) is 14.4 Å². The van der Waals surface area contributed by atoms with Crippen molar-refractivity contribution in [1.82, 2.24) is 14.8 Å². The van der Waals surface area contributed by atoms with Crippen molar-refractivity contribution in [1.29, 1.82) is 0 Å². The summed E-state index contributed by atoms with van der Waals surface area (Å²) in [7, 11) is 0. The van der Waals surface area contributed by atoms with Crippen LogP contribution in [0, 0.1) is 5.92 Å². The topological polar surface area (TPSA) is 73.8 Å². The highest BCUT2D eigenvalue weighted by Crippen LogP contribution is 2.22. The molecule has 3 heterocycles. The number of anilines is 1. The van der Waals surface area contributed by atoms with E-state index in [1.54, 1.807) is 11.1 Å². The first-order chi connectivity index (χ1) is 13.0. The molecule has 0 bridgehead atoms. The van der Waals surface area contributed by atoms with Gasteiger partial charge in [0.05, 0.1) is 0 Å². The van der Waals surface area contributed by atoms with Crippen LogP contribution in [0.2, 0.25) is 0 Å². The third-order valence-corrected chi connectivity index (χ3v) is 5.48. The zero-order chi connectivity index (χ0) is 19.2. The van der Waals surface area contributed by atoms with Gasteiger partial charge in [-0.05, 0) is 37.3 Å². The van der Waals surface area contributed by atoms with Crippen LogP contribution in [-0.2, 0) is 14.4 Å². The van der Waals surface area contributed by atoms with Gasteiger partial charge in [0.15, 0.2) is 0 Å². The number of piperidine rings is 1. The van der Waals surface area contributed by atoms with Crippen LogP contribution in [0.25, 0.3) is 0 Å². The Morgan fingerprint density at radius 3 is 2.52 bits per heavy atom. The van der Waals surface area contributed by atoms with E-state index < -0.39 is 11.7 Å². The Labute approximate surface area is 160 Å². The monoisotopic (exact) mass is 372 g/mol. The Kier molecular flexibility index (Phi) is 6.42. The minimum atomic E-state index is -0.405. The summed E-state index contributed by atoms with van der Waals surface area (Å²) >= 11 is 0. The van der Waals surface area contributed by atoms with Gasteiger partial charge >= 0.3 is 0 Å². The first-order valence-electron chi connectivity index (χ1n) is 9.78. The summed E-state index contributed by atoms with van der Waals surface area (Å²) < 4.78 is 0. The molecule has 2 amide bonds. The Hall–Kier alpha value is -2.44. The quantitative estimate of drug-likeness (QED) is 0.729. The predicted octanol–water partition coefficient (Wildman–Crippen LogP) is 1.34. The molecule has 3 rings (SSSR count). The average Bonchev–Trinajstić information content (AvgIpc) is 2.72. The SMILES string of the molecule is CC(=O)C(=O)N1CCC[C@@H](CCC(=O)N2CCN(c3ccccn3)CC2)C1. The van der Waals surface area contributed by atoms with Crippen molar-refractivity contribution >= 4 is 23.4 Å². The van der Waals surface area contributed by atoms with Gasteiger partial charge in [-0.2, -0.15) is 0 Å². The Bertz CT molecular complexity index is 671. The molecule has 0 N–H and O–H groups in total. The van der Waals surface area contributed by atoms with E-state index in [1.165, 1.54) is 6.92 Å². The smallest absolute Gasteiger partial charge is 0.289 e. The van der Waals surface area contributed by atoms with E-state index in [4.69, 9.17) is 0 Å². The van der Waals surface area contributed by atoms with E-state index in [9.17, 15) is 14.4 Å². The molecule has 1 atom stereocenters. The van der Waals surface area contributed by atoms with Crippen molar-refractivity contribution in [2.24, 2.45) is 5.92 Å². The standard InChI is InChI=1S/C20H28N4O3/c1-16(25)20(27)24-10-4-5-17(15-24)7-8-19(26)23-13-11-22(12-14-23)18-6-2-3-9-21-18/h2-3,6,9,17H,4-5,7-8,10-15H2,1H3/t17-/m0/s1. The zero-order valence-corrected chi connectivity index (χ0v) is 16.0. The summed E-state index contributed by atoms with van der Waals surface area (Å²) in [5.41, 5.74) is 0. The molecule has 7 nitrogen and oxygen atoms in total. The lowest BCUT2D eigenvalue weighted by Gasteiger charge is -2.36. The van der Waals surface area contributed by atoms with Crippen LogP contribution in [0.3, 0.4) is 0 Å². The predicted molar refractivity (Wildman–Crippen MR) is 102 cm³/mol. The van der Waals surface area contributed by atoms with Crippen molar-refractivity contribution < 1.29 is 14.4 Å². The van der Waals surface area contributed by atoms with E-state index in [1.807, 2.05) is 23.1 Å². The van der Waals surface area contributed by atoms with Crippen LogP contribution in [0.4, 0.5) is 5.82 Å². The maximum absolute atomic E-state index is 12.6. The second-order valence-electron chi connectivity index (χ2n) is 7.41. The highest BCUT2D eigenvalue weighted by atomic mass is 16.2. The molecule has 2 aliphatic rings. The largest absolute Gasteiger partial charge is 0.353 e. The molecular formula is C20H28N4O3. The molecule has 0 radical (unpaired) electrons. The number of piperazine rings is 1. The van der Waals surface area contributed by atoms with Crippen molar-refractivity contribution in [2.75, 3.05) is 44.2 Å². The second-order valence-corrected chi connectivity index (χ2v) is 7.41. The average molecular weight is 372 g/mol. The third kappa shape index (κ3) is 5.05. The van der Waals surface area contributed by atoms with Gasteiger partial charge in [0.25, 0.3) is 5.91 Å². The van der Waals surface area contributed by atoms with Gasteiger partial charge in [-0.1, -0.05) is 6.07 Å². The lowest BCUT2D eigenvalue weighted by molar-refractivity contribution is -0.144. The van der Waals surface area contributed by atoms with Gasteiger partial charge in [0.2, 0.25) is 11.7 Å². The number of hydrogen-bond acceptors (Lipinski definition) is 5. The summed E-state index contributed by atoms with van der Waals surface area (Å²) in [6.45, 7) is 5.60. The van der Waals surface area contributed by atoms with Crippen molar-refractivity contribution in [3.8, 4) is 0 Å². The van der Waals surface area contributed by atoms with Crippen LogP contribution in [0.1, 0.15) is 32.6 Å². The van der Waals surface area contributed by atoms with Crippen LogP contribution in [0.5, 0.6) is 0 Å². The van der Waals surface area contributed by atoms with Gasteiger partial charge < -0.3 is 14.7 Å². The molecule has 7 heteroatoms. The van der Waals surface area contributed by atoms with Gasteiger partial charge in [-0.15, -0.1) is 0 Å². The lowest BCUT2D eigenvalue weighted by Crippen LogP contribution is -2.49. The first-order valence-corrected chi connectivity index (χ1v) is 9.78. The maximum atomic E-state index is 12.6. The molecule has 1 aromatic rings. The summed E-state index contributed by atoms with van der Waals surface area (Å²) in [5.74, 6) is 0.655. The number of Topliss-reactive ketones (excluding diaryl/α,β-unsaturated/α-hetero) is 1. The zero-order valence-electron chi connectivity index (χ0n) is 16.0. The molecule has 2 aliphatic heterocycles. The summed E-state index contributed by atoms with van der Waals surface area (Å²) in [6.07, 6.45) is 5.00. The number of pyridine rings is 1. The number of hydrogen-bond donors (Lipinski definition) is 0.